The predicted octanol–water partition coefficient (Wildman–Crippen LogP) is 2.17. The van der Waals surface area contributed by atoms with Gasteiger partial charge in [-0.3, -0.25) is 0 Å². The smallest absolute Gasteiger partial charge is 0.0748 e. The third-order valence-corrected chi connectivity index (χ3v) is 13.2. The normalized spacial score (nSPS) is 15.1. The average Bonchev–Trinajstić information content (AvgIpc) is 2.18. The van der Waals surface area contributed by atoms with E-state index in [4.69, 9.17) is 0 Å². The van der Waals surface area contributed by atoms with Crippen molar-refractivity contribution in [2.75, 3.05) is 0 Å². The number of hydrogen-bond donors (Lipinski definition) is 0. The highest BCUT2D eigenvalue weighted by atomic mass is 28.4. The maximum atomic E-state index is 2.50. The number of rotatable bonds is 3. The van der Waals surface area contributed by atoms with Gasteiger partial charge in [-0.2, -0.15) is 0 Å². The van der Waals surface area contributed by atoms with Gasteiger partial charge in [0, 0.05) is 9.52 Å². The van der Waals surface area contributed by atoms with Crippen LogP contribution in [0.1, 0.15) is 6.92 Å². The van der Waals surface area contributed by atoms with Crippen LogP contribution in [0.5, 0.6) is 0 Å². The molecule has 2 heteroatoms. The van der Waals surface area contributed by atoms with Crippen molar-refractivity contribution in [2.24, 2.45) is 0 Å². The van der Waals surface area contributed by atoms with Gasteiger partial charge in [-0.15, -0.1) is 0 Å². The minimum atomic E-state index is -1.12. The molecule has 0 radical (unpaired) electrons. The van der Waals surface area contributed by atoms with Crippen LogP contribution < -0.4 is 5.19 Å². The number of hydrogen-bond acceptors (Lipinski definition) is 0. The molecule has 0 nitrogen and oxygen atoms in total. The fraction of sp³-hybridized carbons (Fsp3) is 0.455. The van der Waals surface area contributed by atoms with Gasteiger partial charge in [0.2, 0.25) is 0 Å². The van der Waals surface area contributed by atoms with Crippen LogP contribution in [0.3, 0.4) is 0 Å². The standard InChI is InChI=1S/C11H20Si2/c1-10(12-2)13(3,4)11-8-6-5-7-9-11/h5-10H,12H2,1-4H3. The average molecular weight is 208 g/mol. The molecule has 0 aromatic heterocycles. The van der Waals surface area contributed by atoms with Crippen LogP contribution in [-0.2, 0) is 0 Å². The van der Waals surface area contributed by atoms with E-state index in [1.807, 2.05) is 0 Å². The van der Waals surface area contributed by atoms with Crippen molar-refractivity contribution in [1.29, 1.82) is 0 Å². The van der Waals surface area contributed by atoms with Crippen LogP contribution in [0.15, 0.2) is 30.3 Å². The van der Waals surface area contributed by atoms with E-state index in [9.17, 15) is 0 Å². The summed E-state index contributed by atoms with van der Waals surface area (Å²) in [5, 5.41) is 2.63. The highest BCUT2D eigenvalue weighted by Crippen LogP contribution is 2.19. The van der Waals surface area contributed by atoms with Crippen LogP contribution in [0, 0.1) is 0 Å². The molecule has 0 saturated carbocycles. The van der Waals surface area contributed by atoms with E-state index in [1.54, 1.807) is 5.19 Å². The Balaban J connectivity index is 2.93. The summed E-state index contributed by atoms with van der Waals surface area (Å²) in [5.74, 6) is 0. The topological polar surface area (TPSA) is 0 Å². The van der Waals surface area contributed by atoms with Gasteiger partial charge in [-0.05, 0) is 0 Å². The van der Waals surface area contributed by atoms with Crippen molar-refractivity contribution in [3.8, 4) is 0 Å². The summed E-state index contributed by atoms with van der Waals surface area (Å²) in [6, 6.07) is 11.1. The Morgan fingerprint density at radius 2 is 1.69 bits per heavy atom. The second kappa shape index (κ2) is 4.24. The van der Waals surface area contributed by atoms with Crippen molar-refractivity contribution < 1.29 is 0 Å². The minimum Gasteiger partial charge on any atom is -0.0748 e. The summed E-state index contributed by atoms with van der Waals surface area (Å²) in [6.07, 6.45) is 0. The van der Waals surface area contributed by atoms with Crippen molar-refractivity contribution in [2.45, 2.75) is 31.7 Å². The lowest BCUT2D eigenvalue weighted by Gasteiger charge is -2.29. The maximum Gasteiger partial charge on any atom is 0.0803 e. The molecule has 0 aliphatic heterocycles. The van der Waals surface area contributed by atoms with Crippen molar-refractivity contribution in [3.05, 3.63) is 30.3 Å². The van der Waals surface area contributed by atoms with E-state index in [0.29, 0.717) is 0 Å². The molecule has 0 bridgehead atoms. The molecule has 0 aliphatic carbocycles. The molecule has 0 fully saturated rings. The van der Waals surface area contributed by atoms with Gasteiger partial charge in [0.25, 0.3) is 0 Å². The molecule has 1 rings (SSSR count). The molecule has 0 amide bonds. The first-order valence-electron chi connectivity index (χ1n) is 5.14. The van der Waals surface area contributed by atoms with E-state index < -0.39 is 8.07 Å². The largest absolute Gasteiger partial charge is 0.0803 e. The SMILES string of the molecule is C[SiH2]C(C)[Si](C)(C)c1ccccc1. The van der Waals surface area contributed by atoms with E-state index >= 15 is 0 Å². The van der Waals surface area contributed by atoms with E-state index in [0.717, 1.165) is 5.16 Å². The zero-order valence-electron chi connectivity index (χ0n) is 9.17. The Morgan fingerprint density at radius 3 is 2.15 bits per heavy atom. The monoisotopic (exact) mass is 208 g/mol. The predicted molar refractivity (Wildman–Crippen MR) is 67.4 cm³/mol. The minimum absolute atomic E-state index is 0.152. The quantitative estimate of drug-likeness (QED) is 0.668. The van der Waals surface area contributed by atoms with Gasteiger partial charge in [-0.1, -0.05) is 67.2 Å². The molecule has 1 aromatic carbocycles. The summed E-state index contributed by atoms with van der Waals surface area (Å²) in [6.45, 7) is 9.89. The van der Waals surface area contributed by atoms with E-state index in [2.05, 4.69) is 56.9 Å². The molecule has 0 heterocycles. The van der Waals surface area contributed by atoms with E-state index in [-0.39, 0.29) is 9.52 Å². The van der Waals surface area contributed by atoms with Crippen molar-refractivity contribution >= 4 is 22.8 Å². The fourth-order valence-electron chi connectivity index (χ4n) is 1.66. The molecule has 0 N–H and O–H groups in total. The van der Waals surface area contributed by atoms with Crippen LogP contribution in [-0.4, -0.2) is 17.6 Å². The summed E-state index contributed by atoms with van der Waals surface area (Å²) >= 11 is 0. The first-order valence-corrected chi connectivity index (χ1v) is 10.5. The molecule has 1 unspecified atom stereocenters. The Morgan fingerprint density at radius 1 is 1.15 bits per heavy atom. The second-order valence-corrected chi connectivity index (χ2v) is 12.3. The Hall–Kier alpha value is -0.346. The molecule has 1 aromatic rings. The van der Waals surface area contributed by atoms with E-state index in [1.165, 1.54) is 0 Å². The molecule has 0 saturated heterocycles. The third kappa shape index (κ3) is 2.32. The molecule has 72 valence electrons. The Kier molecular flexibility index (Phi) is 3.50. The first-order chi connectivity index (χ1) is 6.09. The van der Waals surface area contributed by atoms with Gasteiger partial charge < -0.3 is 0 Å². The summed E-state index contributed by atoms with van der Waals surface area (Å²) < 4.78 is 0. The zero-order valence-corrected chi connectivity index (χ0v) is 11.6. The highest BCUT2D eigenvalue weighted by molar-refractivity contribution is 6.96. The van der Waals surface area contributed by atoms with Gasteiger partial charge in [0.1, 0.15) is 0 Å². The highest BCUT2D eigenvalue weighted by Gasteiger charge is 2.28. The maximum absolute atomic E-state index is 2.50. The third-order valence-electron chi connectivity index (χ3n) is 3.36. The summed E-state index contributed by atoms with van der Waals surface area (Å²) in [7, 11) is -0.969. The zero-order chi connectivity index (χ0) is 9.90. The van der Waals surface area contributed by atoms with Gasteiger partial charge in [0.05, 0.1) is 8.07 Å². The lowest BCUT2D eigenvalue weighted by Crippen LogP contribution is -2.46. The second-order valence-electron chi connectivity index (χ2n) is 4.40. The van der Waals surface area contributed by atoms with Crippen LogP contribution >= 0.6 is 0 Å². The first kappa shape index (κ1) is 10.7. The molecule has 0 spiro atoms. The van der Waals surface area contributed by atoms with Crippen LogP contribution in [0.25, 0.3) is 0 Å². The van der Waals surface area contributed by atoms with Gasteiger partial charge in [0.15, 0.2) is 0 Å². The Bertz CT molecular complexity index is 254. The molecule has 0 aliphatic rings. The van der Waals surface area contributed by atoms with Crippen LogP contribution in [0.2, 0.25) is 24.8 Å². The van der Waals surface area contributed by atoms with Gasteiger partial charge in [-0.25, -0.2) is 0 Å². The summed E-state index contributed by atoms with van der Waals surface area (Å²) in [4.78, 5) is 0. The summed E-state index contributed by atoms with van der Waals surface area (Å²) in [5.41, 5.74) is 0. The molecule has 13 heavy (non-hydrogen) atoms. The van der Waals surface area contributed by atoms with Crippen LogP contribution in [0.4, 0.5) is 0 Å². The lowest BCUT2D eigenvalue weighted by atomic mass is 10.4. The van der Waals surface area contributed by atoms with Gasteiger partial charge >= 0.3 is 0 Å². The fourth-order valence-corrected chi connectivity index (χ4v) is 8.07. The van der Waals surface area contributed by atoms with Crippen molar-refractivity contribution in [1.82, 2.24) is 0 Å². The van der Waals surface area contributed by atoms with Crippen molar-refractivity contribution in [3.63, 3.8) is 0 Å². The molecular formula is C11H20Si2. The molecule has 1 atom stereocenters. The lowest BCUT2D eigenvalue weighted by molar-refractivity contribution is 1.25. The number of benzene rings is 1. The molecular weight excluding hydrogens is 188 g/mol. The Labute approximate surface area is 85.2 Å².